The first kappa shape index (κ1) is 13.2. The highest BCUT2D eigenvalue weighted by Crippen LogP contribution is 2.28. The molecular weight excluding hydrogens is 222 g/mol. The lowest BCUT2D eigenvalue weighted by atomic mass is 9.87. The molecule has 0 unspecified atom stereocenters. The predicted octanol–water partition coefficient (Wildman–Crippen LogP) is 3.62. The van der Waals surface area contributed by atoms with Crippen molar-refractivity contribution >= 4 is 5.57 Å². The van der Waals surface area contributed by atoms with Crippen LogP contribution in [0, 0.1) is 5.92 Å². The van der Waals surface area contributed by atoms with E-state index in [-0.39, 0.29) is 0 Å². The summed E-state index contributed by atoms with van der Waals surface area (Å²) in [6, 6.07) is 8.19. The molecule has 2 heteroatoms. The van der Waals surface area contributed by atoms with E-state index < -0.39 is 0 Å². The second-order valence-electron chi connectivity index (χ2n) is 5.02. The highest BCUT2D eigenvalue weighted by atomic mass is 16.5. The van der Waals surface area contributed by atoms with E-state index in [1.807, 2.05) is 12.1 Å². The van der Waals surface area contributed by atoms with E-state index in [1.54, 1.807) is 7.11 Å². The normalized spacial score (nSPS) is 17.8. The summed E-state index contributed by atoms with van der Waals surface area (Å²) in [6.07, 6.45) is 9.15. The molecule has 0 atom stereocenters. The Morgan fingerprint density at radius 3 is 2.44 bits per heavy atom. The van der Waals surface area contributed by atoms with E-state index >= 15 is 0 Å². The number of hydrogen-bond acceptors (Lipinski definition) is 2. The third-order valence-corrected chi connectivity index (χ3v) is 3.77. The van der Waals surface area contributed by atoms with Gasteiger partial charge in [-0.3, -0.25) is 0 Å². The minimum atomic E-state index is 0.614. The molecule has 1 aromatic rings. The van der Waals surface area contributed by atoms with E-state index in [4.69, 9.17) is 10.5 Å². The number of methoxy groups -OCH3 is 1. The maximum absolute atomic E-state index is 5.89. The van der Waals surface area contributed by atoms with Crippen LogP contribution >= 0.6 is 0 Å². The van der Waals surface area contributed by atoms with Crippen LogP contribution in [0.1, 0.15) is 37.7 Å². The maximum atomic E-state index is 5.89. The van der Waals surface area contributed by atoms with Gasteiger partial charge in [-0.2, -0.15) is 0 Å². The Kier molecular flexibility index (Phi) is 4.82. The minimum Gasteiger partial charge on any atom is -0.497 e. The Morgan fingerprint density at radius 1 is 1.22 bits per heavy atom. The van der Waals surface area contributed by atoms with Crippen LogP contribution in [0.3, 0.4) is 0 Å². The quantitative estimate of drug-likeness (QED) is 0.879. The van der Waals surface area contributed by atoms with Crippen LogP contribution in [0.5, 0.6) is 5.75 Å². The zero-order valence-electron chi connectivity index (χ0n) is 11.2. The highest BCUT2D eigenvalue weighted by molar-refractivity contribution is 5.67. The van der Waals surface area contributed by atoms with Crippen molar-refractivity contribution in [3.05, 3.63) is 35.9 Å². The van der Waals surface area contributed by atoms with Gasteiger partial charge in [-0.25, -0.2) is 0 Å². The van der Waals surface area contributed by atoms with E-state index in [9.17, 15) is 0 Å². The van der Waals surface area contributed by atoms with Crippen molar-refractivity contribution in [1.29, 1.82) is 0 Å². The number of rotatable bonds is 4. The van der Waals surface area contributed by atoms with Crippen molar-refractivity contribution < 1.29 is 4.74 Å². The summed E-state index contributed by atoms with van der Waals surface area (Å²) in [7, 11) is 1.69. The van der Waals surface area contributed by atoms with Gasteiger partial charge in [0, 0.05) is 6.54 Å². The van der Waals surface area contributed by atoms with Crippen molar-refractivity contribution in [3.63, 3.8) is 0 Å². The molecule has 0 bridgehead atoms. The topological polar surface area (TPSA) is 35.2 Å². The minimum absolute atomic E-state index is 0.614. The summed E-state index contributed by atoms with van der Waals surface area (Å²) < 4.78 is 5.18. The van der Waals surface area contributed by atoms with Crippen molar-refractivity contribution in [2.24, 2.45) is 11.7 Å². The highest BCUT2D eigenvalue weighted by Gasteiger charge is 2.12. The van der Waals surface area contributed by atoms with Gasteiger partial charge in [-0.15, -0.1) is 0 Å². The second kappa shape index (κ2) is 6.60. The van der Waals surface area contributed by atoms with E-state index in [2.05, 4.69) is 18.2 Å². The Bertz CT molecular complexity index is 388. The second-order valence-corrected chi connectivity index (χ2v) is 5.02. The Hall–Kier alpha value is -1.28. The average molecular weight is 245 g/mol. The summed E-state index contributed by atoms with van der Waals surface area (Å²) in [4.78, 5) is 0. The lowest BCUT2D eigenvalue weighted by Gasteiger charge is -2.19. The first-order valence-corrected chi connectivity index (χ1v) is 6.88. The number of nitrogens with two attached hydrogens (primary N) is 1. The molecule has 0 saturated heterocycles. The fourth-order valence-corrected chi connectivity index (χ4v) is 2.67. The van der Waals surface area contributed by atoms with Crippen LogP contribution in [0.25, 0.3) is 5.57 Å². The third kappa shape index (κ3) is 3.36. The molecule has 0 aliphatic heterocycles. The number of ether oxygens (including phenoxy) is 1. The van der Waals surface area contributed by atoms with E-state index in [0.717, 1.165) is 11.7 Å². The molecule has 1 fully saturated rings. The van der Waals surface area contributed by atoms with Gasteiger partial charge >= 0.3 is 0 Å². The molecule has 2 nitrogen and oxygen atoms in total. The van der Waals surface area contributed by atoms with Crippen LogP contribution in [0.15, 0.2) is 30.3 Å². The fourth-order valence-electron chi connectivity index (χ4n) is 2.67. The van der Waals surface area contributed by atoms with Crippen LogP contribution < -0.4 is 10.5 Å². The molecule has 2 N–H and O–H groups in total. The molecule has 98 valence electrons. The molecule has 1 aromatic carbocycles. The van der Waals surface area contributed by atoms with Gasteiger partial charge in [0.15, 0.2) is 0 Å². The molecule has 1 aliphatic rings. The van der Waals surface area contributed by atoms with Gasteiger partial charge < -0.3 is 10.5 Å². The van der Waals surface area contributed by atoms with Gasteiger partial charge in [0.1, 0.15) is 5.75 Å². The Morgan fingerprint density at radius 2 is 1.89 bits per heavy atom. The largest absolute Gasteiger partial charge is 0.497 e. The fraction of sp³-hybridized carbons (Fsp3) is 0.500. The van der Waals surface area contributed by atoms with E-state index in [0.29, 0.717) is 6.54 Å². The average Bonchev–Trinajstić information content (AvgIpc) is 2.46. The number of allylic oxidation sites excluding steroid dienone is 1. The molecule has 18 heavy (non-hydrogen) atoms. The summed E-state index contributed by atoms with van der Waals surface area (Å²) in [6.45, 7) is 0.614. The maximum Gasteiger partial charge on any atom is 0.118 e. The van der Waals surface area contributed by atoms with E-state index in [1.165, 1.54) is 43.2 Å². The molecule has 2 rings (SSSR count). The van der Waals surface area contributed by atoms with Crippen molar-refractivity contribution in [1.82, 2.24) is 0 Å². The smallest absolute Gasteiger partial charge is 0.118 e. The summed E-state index contributed by atoms with van der Waals surface area (Å²) in [5.74, 6) is 1.62. The molecular formula is C16H23NO. The molecule has 0 heterocycles. The monoisotopic (exact) mass is 245 g/mol. The van der Waals surface area contributed by atoms with Gasteiger partial charge in [-0.1, -0.05) is 37.5 Å². The lowest BCUT2D eigenvalue weighted by Crippen LogP contribution is -2.08. The standard InChI is InChI=1S/C16H23NO/c1-18-16-9-7-14(8-10-16)15(12-17)11-13-5-3-2-4-6-13/h7-11,13H,2-6,12,17H2,1H3. The lowest BCUT2D eigenvalue weighted by molar-refractivity contribution is 0.414. The molecule has 0 amide bonds. The van der Waals surface area contributed by atoms with Crippen molar-refractivity contribution in [2.45, 2.75) is 32.1 Å². The van der Waals surface area contributed by atoms with Crippen LogP contribution in [0.2, 0.25) is 0 Å². The first-order valence-electron chi connectivity index (χ1n) is 6.88. The van der Waals surface area contributed by atoms with Crippen molar-refractivity contribution in [3.8, 4) is 5.75 Å². The molecule has 0 aromatic heterocycles. The number of benzene rings is 1. The van der Waals surface area contributed by atoms with Gasteiger partial charge in [0.05, 0.1) is 7.11 Å². The Balaban J connectivity index is 2.12. The number of hydrogen-bond donors (Lipinski definition) is 1. The SMILES string of the molecule is COc1ccc(C(=CC2CCCCC2)CN)cc1. The Labute approximate surface area is 110 Å². The summed E-state index contributed by atoms with van der Waals surface area (Å²) >= 11 is 0. The summed E-state index contributed by atoms with van der Waals surface area (Å²) in [5.41, 5.74) is 8.39. The van der Waals surface area contributed by atoms with Gasteiger partial charge in [0.25, 0.3) is 0 Å². The predicted molar refractivity (Wildman–Crippen MR) is 76.6 cm³/mol. The molecule has 0 spiro atoms. The van der Waals surface area contributed by atoms with Crippen LogP contribution in [0.4, 0.5) is 0 Å². The third-order valence-electron chi connectivity index (χ3n) is 3.77. The van der Waals surface area contributed by atoms with Crippen molar-refractivity contribution in [2.75, 3.05) is 13.7 Å². The first-order chi connectivity index (χ1) is 8.83. The van der Waals surface area contributed by atoms with Crippen LogP contribution in [-0.2, 0) is 0 Å². The summed E-state index contributed by atoms with van der Waals surface area (Å²) in [5, 5.41) is 0. The van der Waals surface area contributed by atoms with Gasteiger partial charge in [-0.05, 0) is 42.0 Å². The van der Waals surface area contributed by atoms with Gasteiger partial charge in [0.2, 0.25) is 0 Å². The molecule has 0 radical (unpaired) electrons. The zero-order valence-corrected chi connectivity index (χ0v) is 11.2. The molecule has 1 saturated carbocycles. The zero-order chi connectivity index (χ0) is 12.8. The van der Waals surface area contributed by atoms with Crippen LogP contribution in [-0.4, -0.2) is 13.7 Å². The molecule has 1 aliphatic carbocycles.